The molecule has 31 heavy (non-hydrogen) atoms. The maximum atomic E-state index is 12.8. The summed E-state index contributed by atoms with van der Waals surface area (Å²) in [6, 6.07) is 12.0. The van der Waals surface area contributed by atoms with Crippen molar-refractivity contribution in [2.24, 2.45) is 0 Å². The molecule has 0 aliphatic carbocycles. The molecule has 1 aromatic heterocycles. The fraction of sp³-hybridized carbons (Fsp3) is 0.0769. The van der Waals surface area contributed by atoms with Gasteiger partial charge in [0.25, 0.3) is 0 Å². The molecule has 0 aliphatic rings. The monoisotopic (exact) mass is 414 g/mol. The fourth-order valence-corrected chi connectivity index (χ4v) is 2.97. The molecule has 0 atom stereocenters. The lowest BCUT2D eigenvalue weighted by molar-refractivity contribution is 0.0549. The highest BCUT2D eigenvalue weighted by Crippen LogP contribution is 2.22. The molecule has 0 radical (unpaired) electrons. The smallest absolute Gasteiger partial charge is 0.338 e. The Kier molecular flexibility index (Phi) is 7.01. The second kappa shape index (κ2) is 10.1. The van der Waals surface area contributed by atoms with Gasteiger partial charge in [-0.25, -0.2) is 4.79 Å². The van der Waals surface area contributed by atoms with Gasteiger partial charge in [0, 0.05) is 6.07 Å². The van der Waals surface area contributed by atoms with Crippen molar-refractivity contribution in [3.8, 4) is 5.75 Å². The van der Waals surface area contributed by atoms with Gasteiger partial charge in [-0.1, -0.05) is 56.2 Å². The van der Waals surface area contributed by atoms with Crippen molar-refractivity contribution in [2.75, 3.05) is 6.61 Å². The predicted octanol–water partition coefficient (Wildman–Crippen LogP) is 5.47. The van der Waals surface area contributed by atoms with Crippen molar-refractivity contribution in [2.45, 2.75) is 6.61 Å². The fourth-order valence-electron chi connectivity index (χ4n) is 2.97. The summed E-state index contributed by atoms with van der Waals surface area (Å²) in [7, 11) is 0. The first-order valence-corrected chi connectivity index (χ1v) is 9.58. The van der Waals surface area contributed by atoms with E-state index in [1.807, 2.05) is 6.07 Å². The van der Waals surface area contributed by atoms with Crippen molar-refractivity contribution in [3.63, 3.8) is 0 Å². The number of benzene rings is 2. The van der Waals surface area contributed by atoms with Gasteiger partial charge in [0.2, 0.25) is 0 Å². The predicted molar refractivity (Wildman–Crippen MR) is 122 cm³/mol. The number of carbonyl (C=O) groups is 1. The number of carbonyl (C=O) groups excluding carboxylic acids is 1. The van der Waals surface area contributed by atoms with Gasteiger partial charge >= 0.3 is 5.97 Å². The van der Waals surface area contributed by atoms with Gasteiger partial charge in [-0.05, 0) is 35.4 Å². The normalized spacial score (nSPS) is 11.0. The number of rotatable bonds is 9. The number of hydrogen-bond donors (Lipinski definition) is 0. The van der Waals surface area contributed by atoms with Crippen LogP contribution in [0.2, 0.25) is 0 Å². The zero-order valence-electron chi connectivity index (χ0n) is 17.0. The van der Waals surface area contributed by atoms with Gasteiger partial charge in [-0.15, -0.1) is 0 Å². The average molecular weight is 414 g/mol. The molecule has 0 saturated heterocycles. The first-order chi connectivity index (χ1) is 15.1. The quantitative estimate of drug-likeness (QED) is 0.264. The van der Waals surface area contributed by atoms with Gasteiger partial charge in [0.15, 0.2) is 5.43 Å². The number of hydrogen-bond acceptors (Lipinski definition) is 5. The standard InChI is InChI=1S/C26H22O5/c1-4-8-19(6-3)23-17-31-24-15-21(11-12-22(24)25(23)27)30-16-18-9-7-10-20(14-18)26(28)29-13-5-2/h4-12,14-15,17H,1-3,13,16H2/b19-8+. The van der Waals surface area contributed by atoms with Crippen LogP contribution in [0.4, 0.5) is 0 Å². The van der Waals surface area contributed by atoms with E-state index in [1.54, 1.807) is 54.6 Å². The molecule has 156 valence electrons. The molecule has 0 unspecified atom stereocenters. The van der Waals surface area contributed by atoms with E-state index in [2.05, 4.69) is 19.7 Å². The second-order valence-electron chi connectivity index (χ2n) is 6.57. The third-order valence-electron chi connectivity index (χ3n) is 4.47. The van der Waals surface area contributed by atoms with Crippen LogP contribution in [0, 0.1) is 0 Å². The number of allylic oxidation sites excluding steroid dienone is 4. The topological polar surface area (TPSA) is 65.7 Å². The number of fused-ring (bicyclic) bond motifs is 1. The van der Waals surface area contributed by atoms with E-state index < -0.39 is 5.97 Å². The Labute approximate surface area is 180 Å². The van der Waals surface area contributed by atoms with E-state index >= 15 is 0 Å². The lowest BCUT2D eigenvalue weighted by Gasteiger charge is -2.09. The van der Waals surface area contributed by atoms with Crippen LogP contribution >= 0.6 is 0 Å². The molecule has 0 fully saturated rings. The van der Waals surface area contributed by atoms with Crippen molar-refractivity contribution >= 4 is 22.5 Å². The molecular formula is C26H22O5. The Hall–Kier alpha value is -4.12. The highest BCUT2D eigenvalue weighted by Gasteiger charge is 2.11. The Morgan fingerprint density at radius 1 is 1.10 bits per heavy atom. The molecule has 3 aromatic rings. The van der Waals surface area contributed by atoms with Crippen LogP contribution in [0.25, 0.3) is 16.5 Å². The molecule has 0 spiro atoms. The van der Waals surface area contributed by atoms with Crippen LogP contribution in [0.3, 0.4) is 0 Å². The molecule has 0 N–H and O–H groups in total. The molecule has 3 rings (SSSR count). The summed E-state index contributed by atoms with van der Waals surface area (Å²) in [5.41, 5.74) is 2.54. The Morgan fingerprint density at radius 2 is 1.94 bits per heavy atom. The van der Waals surface area contributed by atoms with E-state index in [0.29, 0.717) is 33.4 Å². The van der Waals surface area contributed by atoms with E-state index in [9.17, 15) is 9.59 Å². The van der Waals surface area contributed by atoms with E-state index in [0.717, 1.165) is 5.56 Å². The highest BCUT2D eigenvalue weighted by molar-refractivity contribution is 5.89. The van der Waals surface area contributed by atoms with Crippen molar-refractivity contribution < 1.29 is 18.7 Å². The first-order valence-electron chi connectivity index (χ1n) is 9.58. The molecule has 0 bridgehead atoms. The Bertz CT molecular complexity index is 1230. The summed E-state index contributed by atoms with van der Waals surface area (Å²) >= 11 is 0. The lowest BCUT2D eigenvalue weighted by atomic mass is 10.1. The van der Waals surface area contributed by atoms with Gasteiger partial charge < -0.3 is 13.9 Å². The first kappa shape index (κ1) is 21.6. The Morgan fingerprint density at radius 3 is 2.68 bits per heavy atom. The summed E-state index contributed by atoms with van der Waals surface area (Å²) in [5, 5.41) is 0.439. The zero-order valence-corrected chi connectivity index (χ0v) is 17.0. The molecular weight excluding hydrogens is 392 g/mol. The third kappa shape index (κ3) is 5.08. The van der Waals surface area contributed by atoms with Crippen molar-refractivity contribution in [1.29, 1.82) is 0 Å². The van der Waals surface area contributed by atoms with Crippen LogP contribution in [-0.2, 0) is 11.3 Å². The van der Waals surface area contributed by atoms with Crippen LogP contribution in [-0.4, -0.2) is 12.6 Å². The largest absolute Gasteiger partial charge is 0.489 e. The summed E-state index contributed by atoms with van der Waals surface area (Å²) in [6.45, 7) is 11.3. The molecule has 0 amide bonds. The van der Waals surface area contributed by atoms with Crippen LogP contribution in [0.15, 0.2) is 102 Å². The summed E-state index contributed by atoms with van der Waals surface area (Å²) in [4.78, 5) is 24.8. The molecule has 2 aromatic carbocycles. The number of esters is 1. The number of ether oxygens (including phenoxy) is 2. The third-order valence-corrected chi connectivity index (χ3v) is 4.47. The molecule has 0 aliphatic heterocycles. The van der Waals surface area contributed by atoms with E-state index in [4.69, 9.17) is 13.9 Å². The van der Waals surface area contributed by atoms with Gasteiger partial charge in [0.1, 0.15) is 30.8 Å². The second-order valence-corrected chi connectivity index (χ2v) is 6.57. The van der Waals surface area contributed by atoms with Gasteiger partial charge in [-0.3, -0.25) is 4.79 Å². The molecule has 1 heterocycles. The zero-order chi connectivity index (χ0) is 22.2. The van der Waals surface area contributed by atoms with Crippen LogP contribution in [0.1, 0.15) is 21.5 Å². The van der Waals surface area contributed by atoms with E-state index in [1.165, 1.54) is 12.3 Å². The summed E-state index contributed by atoms with van der Waals surface area (Å²) < 4.78 is 16.5. The Balaban J connectivity index is 1.79. The van der Waals surface area contributed by atoms with Gasteiger partial charge in [-0.2, -0.15) is 0 Å². The minimum absolute atomic E-state index is 0.154. The summed E-state index contributed by atoms with van der Waals surface area (Å²) in [5.74, 6) is 0.114. The molecule has 0 saturated carbocycles. The maximum absolute atomic E-state index is 12.8. The van der Waals surface area contributed by atoms with E-state index in [-0.39, 0.29) is 18.6 Å². The minimum atomic E-state index is -0.422. The maximum Gasteiger partial charge on any atom is 0.338 e. The SMILES string of the molecule is C=C/C=C(\C=C)c1coc2cc(OCc3cccc(C(=O)OCC=C)c3)ccc2c1=O. The molecule has 5 nitrogen and oxygen atoms in total. The van der Waals surface area contributed by atoms with Crippen molar-refractivity contribution in [1.82, 2.24) is 0 Å². The van der Waals surface area contributed by atoms with Gasteiger partial charge in [0.05, 0.1) is 16.5 Å². The van der Waals surface area contributed by atoms with Crippen LogP contribution < -0.4 is 10.2 Å². The minimum Gasteiger partial charge on any atom is -0.489 e. The molecule has 5 heteroatoms. The highest BCUT2D eigenvalue weighted by atomic mass is 16.5. The van der Waals surface area contributed by atoms with Crippen LogP contribution in [0.5, 0.6) is 5.75 Å². The average Bonchev–Trinajstić information content (AvgIpc) is 2.80. The summed E-state index contributed by atoms with van der Waals surface area (Å²) in [6.07, 6.45) is 7.79. The van der Waals surface area contributed by atoms with Crippen molar-refractivity contribution in [3.05, 3.63) is 120 Å². The lowest BCUT2D eigenvalue weighted by Crippen LogP contribution is -2.07.